The highest BCUT2D eigenvalue weighted by Crippen LogP contribution is 2.26. The number of carbonyl (C=O) groups excluding carboxylic acids is 1. The highest BCUT2D eigenvalue weighted by molar-refractivity contribution is 7.93. The quantitative estimate of drug-likeness (QED) is 0.296. The average Bonchev–Trinajstić information content (AvgIpc) is 2.92. The van der Waals surface area contributed by atoms with Crippen molar-refractivity contribution in [1.29, 1.82) is 0 Å². The summed E-state index contributed by atoms with van der Waals surface area (Å²) in [5.74, 6) is -0.185. The first-order chi connectivity index (χ1) is 18.6. The van der Waals surface area contributed by atoms with Gasteiger partial charge in [0.1, 0.15) is 12.3 Å². The van der Waals surface area contributed by atoms with Crippen molar-refractivity contribution in [3.05, 3.63) is 96.8 Å². The van der Waals surface area contributed by atoms with Crippen LogP contribution in [0.3, 0.4) is 0 Å². The third-order valence-corrected chi connectivity index (χ3v) is 8.63. The molecule has 0 aliphatic carbocycles. The van der Waals surface area contributed by atoms with Crippen LogP contribution in [0.5, 0.6) is 5.75 Å². The number of nitrogens with zero attached hydrogens (tertiary/aromatic N) is 3. The highest BCUT2D eigenvalue weighted by Gasteiger charge is 2.27. The van der Waals surface area contributed by atoms with Crippen LogP contribution in [0, 0.1) is 6.92 Å². The Bertz CT molecular complexity index is 1650. The van der Waals surface area contributed by atoms with E-state index in [0.717, 1.165) is 9.87 Å². The lowest BCUT2D eigenvalue weighted by Crippen LogP contribution is -2.38. The van der Waals surface area contributed by atoms with E-state index < -0.39 is 32.5 Å². The molecule has 0 unspecified atom stereocenters. The number of ether oxygens (including phenoxy) is 1. The molecule has 202 valence electrons. The molecule has 3 aromatic carbocycles. The second-order valence-corrected chi connectivity index (χ2v) is 11.8. The van der Waals surface area contributed by atoms with Crippen LogP contribution in [0.15, 0.2) is 101 Å². The Kier molecular flexibility index (Phi) is 8.12. The van der Waals surface area contributed by atoms with Gasteiger partial charge in [-0.15, -0.1) is 0 Å². The molecule has 0 saturated carbocycles. The number of nitrogens with one attached hydrogen (secondary N) is 2. The number of sulfonamides is 2. The van der Waals surface area contributed by atoms with Crippen LogP contribution in [0.1, 0.15) is 5.56 Å². The fourth-order valence-corrected chi connectivity index (χ4v) is 5.86. The third kappa shape index (κ3) is 6.69. The Hall–Kier alpha value is -4.49. The van der Waals surface area contributed by atoms with E-state index in [1.54, 1.807) is 42.5 Å². The molecule has 13 heteroatoms. The fraction of sp³-hybridized carbons (Fsp3) is 0.115. The molecule has 0 saturated heterocycles. The first-order valence-electron chi connectivity index (χ1n) is 11.5. The van der Waals surface area contributed by atoms with E-state index in [1.807, 2.05) is 6.92 Å². The van der Waals surface area contributed by atoms with Gasteiger partial charge in [-0.1, -0.05) is 17.7 Å². The molecule has 39 heavy (non-hydrogen) atoms. The number of aromatic nitrogens is 2. The number of amides is 1. The van der Waals surface area contributed by atoms with Crippen molar-refractivity contribution in [2.45, 2.75) is 16.7 Å². The van der Waals surface area contributed by atoms with E-state index in [0.29, 0.717) is 5.75 Å². The summed E-state index contributed by atoms with van der Waals surface area (Å²) < 4.78 is 60.6. The van der Waals surface area contributed by atoms with Crippen molar-refractivity contribution in [2.75, 3.05) is 28.0 Å². The standard InChI is InChI=1S/C26H25N5O6S2/c1-19-4-12-24(13-5-19)39(35,36)31(21-8-10-22(37-2)11-9-21)18-25(32)29-20-6-14-23(15-7-20)38(33,34)30-26-27-16-3-17-28-26/h3-17H,18H2,1-2H3,(H,29,32)(H,27,28,30). The largest absolute Gasteiger partial charge is 0.497 e. The lowest BCUT2D eigenvalue weighted by Gasteiger charge is -2.24. The lowest BCUT2D eigenvalue weighted by atomic mass is 10.2. The zero-order valence-electron chi connectivity index (χ0n) is 21.0. The van der Waals surface area contributed by atoms with Crippen molar-refractivity contribution < 1.29 is 26.4 Å². The molecule has 1 amide bonds. The zero-order chi connectivity index (χ0) is 28.0. The molecule has 4 aromatic rings. The third-order valence-electron chi connectivity index (χ3n) is 5.50. The fourth-order valence-electron chi connectivity index (χ4n) is 3.48. The monoisotopic (exact) mass is 567 g/mol. The SMILES string of the molecule is COc1ccc(N(CC(=O)Nc2ccc(S(=O)(=O)Nc3ncccn3)cc2)S(=O)(=O)c2ccc(C)cc2)cc1. The number of anilines is 3. The molecule has 2 N–H and O–H groups in total. The van der Waals surface area contributed by atoms with E-state index in [1.165, 1.54) is 55.9 Å². The first kappa shape index (κ1) is 27.5. The maximum atomic E-state index is 13.5. The lowest BCUT2D eigenvalue weighted by molar-refractivity contribution is -0.114. The van der Waals surface area contributed by atoms with Crippen LogP contribution >= 0.6 is 0 Å². The maximum Gasteiger partial charge on any atom is 0.264 e. The summed E-state index contributed by atoms with van der Waals surface area (Å²) >= 11 is 0. The van der Waals surface area contributed by atoms with E-state index in [-0.39, 0.29) is 27.1 Å². The van der Waals surface area contributed by atoms with Gasteiger partial charge in [0.2, 0.25) is 11.9 Å². The van der Waals surface area contributed by atoms with Gasteiger partial charge in [-0.2, -0.15) is 0 Å². The molecule has 0 bridgehead atoms. The molecular weight excluding hydrogens is 542 g/mol. The number of carbonyl (C=O) groups is 1. The van der Waals surface area contributed by atoms with Gasteiger partial charge in [0, 0.05) is 18.1 Å². The van der Waals surface area contributed by atoms with E-state index >= 15 is 0 Å². The summed E-state index contributed by atoms with van der Waals surface area (Å²) in [7, 11) is -6.57. The number of benzene rings is 3. The average molecular weight is 568 g/mol. The molecule has 1 heterocycles. The summed E-state index contributed by atoms with van der Waals surface area (Å²) in [5, 5.41) is 2.62. The van der Waals surface area contributed by atoms with Crippen LogP contribution in [0.25, 0.3) is 0 Å². The van der Waals surface area contributed by atoms with Crippen LogP contribution in [0.4, 0.5) is 17.3 Å². The zero-order valence-corrected chi connectivity index (χ0v) is 22.6. The summed E-state index contributed by atoms with van der Waals surface area (Å²) in [6.45, 7) is 1.31. The van der Waals surface area contributed by atoms with Gasteiger partial charge in [-0.05, 0) is 73.7 Å². The number of methoxy groups -OCH3 is 1. The molecule has 0 aliphatic heterocycles. The smallest absolute Gasteiger partial charge is 0.264 e. The molecule has 0 fully saturated rings. The van der Waals surface area contributed by atoms with E-state index in [2.05, 4.69) is 20.0 Å². The molecule has 0 radical (unpaired) electrons. The predicted octanol–water partition coefficient (Wildman–Crippen LogP) is 3.43. The van der Waals surface area contributed by atoms with Crippen molar-refractivity contribution in [2.24, 2.45) is 0 Å². The van der Waals surface area contributed by atoms with Crippen molar-refractivity contribution in [3.8, 4) is 5.75 Å². The summed E-state index contributed by atoms with van der Waals surface area (Å²) in [4.78, 5) is 20.6. The normalized spacial score (nSPS) is 11.4. The second-order valence-electron chi connectivity index (χ2n) is 8.27. The molecule has 0 atom stereocenters. The van der Waals surface area contributed by atoms with Crippen LogP contribution in [-0.4, -0.2) is 46.4 Å². The van der Waals surface area contributed by atoms with Gasteiger partial charge in [0.25, 0.3) is 20.0 Å². The second kappa shape index (κ2) is 11.5. The van der Waals surface area contributed by atoms with Gasteiger partial charge < -0.3 is 10.1 Å². The van der Waals surface area contributed by atoms with E-state index in [4.69, 9.17) is 4.74 Å². The molecule has 4 rings (SSSR count). The molecule has 11 nitrogen and oxygen atoms in total. The first-order valence-corrected chi connectivity index (χ1v) is 14.4. The van der Waals surface area contributed by atoms with Gasteiger partial charge in [0.05, 0.1) is 22.6 Å². The van der Waals surface area contributed by atoms with Gasteiger partial charge in [-0.25, -0.2) is 31.5 Å². The topological polar surface area (TPSA) is 148 Å². The Balaban J connectivity index is 1.54. The number of hydrogen-bond donors (Lipinski definition) is 2. The van der Waals surface area contributed by atoms with Gasteiger partial charge in [0.15, 0.2) is 0 Å². The Morgan fingerprint density at radius 2 is 1.44 bits per heavy atom. The van der Waals surface area contributed by atoms with Crippen LogP contribution in [-0.2, 0) is 24.8 Å². The summed E-state index contributed by atoms with van der Waals surface area (Å²) in [6.07, 6.45) is 2.80. The molecule has 1 aromatic heterocycles. The molecule has 0 spiro atoms. The van der Waals surface area contributed by atoms with E-state index in [9.17, 15) is 21.6 Å². The maximum absolute atomic E-state index is 13.5. The molecular formula is C26H25N5O6S2. The highest BCUT2D eigenvalue weighted by atomic mass is 32.2. The Labute approximate surface area is 226 Å². The van der Waals surface area contributed by atoms with Crippen molar-refractivity contribution >= 4 is 43.3 Å². The van der Waals surface area contributed by atoms with Gasteiger partial charge in [-0.3, -0.25) is 9.10 Å². The predicted molar refractivity (Wildman–Crippen MR) is 147 cm³/mol. The minimum atomic E-state index is -4.10. The minimum absolute atomic E-state index is 0.0289. The van der Waals surface area contributed by atoms with Crippen LogP contribution in [0.2, 0.25) is 0 Å². The minimum Gasteiger partial charge on any atom is -0.497 e. The van der Waals surface area contributed by atoms with Gasteiger partial charge >= 0.3 is 0 Å². The molecule has 0 aliphatic rings. The Morgan fingerprint density at radius 1 is 0.846 bits per heavy atom. The summed E-state index contributed by atoms with van der Waals surface area (Å²) in [5.41, 5.74) is 1.43. The Morgan fingerprint density at radius 3 is 2.03 bits per heavy atom. The van der Waals surface area contributed by atoms with Crippen molar-refractivity contribution in [1.82, 2.24) is 9.97 Å². The number of hydrogen-bond acceptors (Lipinski definition) is 8. The van der Waals surface area contributed by atoms with Crippen molar-refractivity contribution in [3.63, 3.8) is 0 Å². The number of rotatable bonds is 10. The summed E-state index contributed by atoms with van der Waals surface area (Å²) in [6, 6.07) is 19.5. The number of aryl methyl sites for hydroxylation is 1. The van der Waals surface area contributed by atoms with Crippen LogP contribution < -0.4 is 19.1 Å².